The molecule has 2 fully saturated rings. The topological polar surface area (TPSA) is 100 Å². The molecule has 2 aliphatic heterocycles. The SMILES string of the molecule is O=C1NC(=O)/C(=C\c2ccnc(N3CCC(CNCc4ccc5occc5c4)CC3)n2)S1. The van der Waals surface area contributed by atoms with Gasteiger partial charge in [-0.1, -0.05) is 6.07 Å². The normalized spacial score (nSPS) is 18.6. The van der Waals surface area contributed by atoms with Crippen LogP contribution in [0, 0.1) is 5.92 Å². The Morgan fingerprint density at radius 3 is 2.91 bits per heavy atom. The zero-order valence-electron chi connectivity index (χ0n) is 17.4. The van der Waals surface area contributed by atoms with Gasteiger partial charge in [0.1, 0.15) is 5.58 Å². The van der Waals surface area contributed by atoms with Crippen molar-refractivity contribution in [2.24, 2.45) is 5.92 Å². The molecular formula is C23H23N5O3S. The van der Waals surface area contributed by atoms with Gasteiger partial charge in [-0.05, 0) is 73.0 Å². The second-order valence-corrected chi connectivity index (χ2v) is 9.00. The number of aromatic nitrogens is 2. The fraction of sp³-hybridized carbons (Fsp3) is 0.304. The highest BCUT2D eigenvalue weighted by Crippen LogP contribution is 2.26. The lowest BCUT2D eigenvalue weighted by molar-refractivity contribution is -0.115. The van der Waals surface area contributed by atoms with Crippen molar-refractivity contribution >= 4 is 45.9 Å². The molecule has 0 aliphatic carbocycles. The number of hydrogen-bond acceptors (Lipinski definition) is 8. The monoisotopic (exact) mass is 449 g/mol. The van der Waals surface area contributed by atoms with Crippen molar-refractivity contribution in [1.29, 1.82) is 0 Å². The van der Waals surface area contributed by atoms with Gasteiger partial charge in [0.25, 0.3) is 11.1 Å². The number of carbonyl (C=O) groups excluding carboxylic acids is 2. The molecule has 3 aromatic rings. The van der Waals surface area contributed by atoms with E-state index >= 15 is 0 Å². The molecule has 0 atom stereocenters. The van der Waals surface area contributed by atoms with Crippen LogP contribution >= 0.6 is 11.8 Å². The van der Waals surface area contributed by atoms with Crippen molar-refractivity contribution in [3.05, 3.63) is 59.0 Å². The number of fused-ring (bicyclic) bond motifs is 1. The maximum atomic E-state index is 11.7. The van der Waals surface area contributed by atoms with Crippen molar-refractivity contribution in [2.45, 2.75) is 19.4 Å². The summed E-state index contributed by atoms with van der Waals surface area (Å²) in [4.78, 5) is 34.6. The predicted octanol–water partition coefficient (Wildman–Crippen LogP) is 3.55. The fourth-order valence-electron chi connectivity index (χ4n) is 4.03. The summed E-state index contributed by atoms with van der Waals surface area (Å²) in [5, 5.41) is 6.62. The standard InChI is InChI=1S/C23H23N5O3S/c29-21-20(32-23(30)27-21)12-18-3-7-25-22(26-18)28-8-4-15(5-9-28)13-24-14-16-1-2-19-17(11-16)6-10-31-19/h1-3,6-7,10-12,15,24H,4-5,8-9,13-14H2,(H,27,29,30)/b20-12+. The maximum Gasteiger partial charge on any atom is 0.290 e. The number of thioether (sulfide) groups is 1. The first-order chi connectivity index (χ1) is 15.6. The number of carbonyl (C=O) groups is 2. The fourth-order valence-corrected chi connectivity index (χ4v) is 4.70. The Morgan fingerprint density at radius 2 is 2.09 bits per heavy atom. The molecule has 0 radical (unpaired) electrons. The average molecular weight is 450 g/mol. The maximum absolute atomic E-state index is 11.7. The molecule has 0 saturated carbocycles. The van der Waals surface area contributed by atoms with Crippen LogP contribution in [0.25, 0.3) is 17.0 Å². The number of nitrogens with zero attached hydrogens (tertiary/aromatic N) is 3. The van der Waals surface area contributed by atoms with E-state index in [0.717, 1.165) is 61.8 Å². The number of imide groups is 1. The van der Waals surface area contributed by atoms with Crippen LogP contribution in [0.2, 0.25) is 0 Å². The largest absolute Gasteiger partial charge is 0.464 e. The van der Waals surface area contributed by atoms with Crippen LogP contribution in [0.3, 0.4) is 0 Å². The van der Waals surface area contributed by atoms with Crippen LogP contribution in [-0.4, -0.2) is 40.7 Å². The van der Waals surface area contributed by atoms with E-state index in [1.807, 2.05) is 12.1 Å². The van der Waals surface area contributed by atoms with E-state index in [-0.39, 0.29) is 11.1 Å². The minimum Gasteiger partial charge on any atom is -0.464 e. The van der Waals surface area contributed by atoms with E-state index < -0.39 is 0 Å². The summed E-state index contributed by atoms with van der Waals surface area (Å²) in [6.07, 6.45) is 7.17. The molecule has 2 aliphatic rings. The Labute approximate surface area is 189 Å². The third-order valence-electron chi connectivity index (χ3n) is 5.76. The van der Waals surface area contributed by atoms with E-state index in [2.05, 4.69) is 37.6 Å². The van der Waals surface area contributed by atoms with Gasteiger partial charge in [0.2, 0.25) is 5.95 Å². The summed E-state index contributed by atoms with van der Waals surface area (Å²) in [5.74, 6) is 0.894. The number of furan rings is 1. The Kier molecular flexibility index (Phi) is 5.91. The van der Waals surface area contributed by atoms with Crippen molar-refractivity contribution < 1.29 is 14.0 Å². The number of benzene rings is 1. The number of amides is 2. The quantitative estimate of drug-likeness (QED) is 0.551. The van der Waals surface area contributed by atoms with Crippen LogP contribution in [0.4, 0.5) is 10.7 Å². The van der Waals surface area contributed by atoms with Crippen LogP contribution in [-0.2, 0) is 11.3 Å². The summed E-state index contributed by atoms with van der Waals surface area (Å²) >= 11 is 0.893. The molecule has 9 heteroatoms. The van der Waals surface area contributed by atoms with Crippen molar-refractivity contribution in [3.63, 3.8) is 0 Å². The molecular weight excluding hydrogens is 426 g/mol. The van der Waals surface area contributed by atoms with Crippen LogP contribution in [0.1, 0.15) is 24.1 Å². The van der Waals surface area contributed by atoms with Gasteiger partial charge in [-0.25, -0.2) is 9.97 Å². The van der Waals surface area contributed by atoms with Gasteiger partial charge in [0.15, 0.2) is 0 Å². The highest BCUT2D eigenvalue weighted by Gasteiger charge is 2.25. The number of nitrogens with one attached hydrogen (secondary N) is 2. The Balaban J connectivity index is 1.12. The molecule has 4 heterocycles. The zero-order valence-corrected chi connectivity index (χ0v) is 18.2. The van der Waals surface area contributed by atoms with Crippen molar-refractivity contribution in [1.82, 2.24) is 20.6 Å². The van der Waals surface area contributed by atoms with Gasteiger partial charge >= 0.3 is 0 Å². The van der Waals surface area contributed by atoms with E-state index in [4.69, 9.17) is 4.42 Å². The van der Waals surface area contributed by atoms with E-state index in [1.165, 1.54) is 5.56 Å². The lowest BCUT2D eigenvalue weighted by atomic mass is 9.97. The summed E-state index contributed by atoms with van der Waals surface area (Å²) in [6, 6.07) is 10.0. The number of hydrogen-bond donors (Lipinski definition) is 2. The Hall–Kier alpha value is -3.17. The molecule has 2 N–H and O–H groups in total. The first-order valence-corrected chi connectivity index (χ1v) is 11.5. The lowest BCUT2D eigenvalue weighted by Crippen LogP contribution is -2.38. The predicted molar refractivity (Wildman–Crippen MR) is 124 cm³/mol. The molecule has 2 saturated heterocycles. The summed E-state index contributed by atoms with van der Waals surface area (Å²) in [6.45, 7) is 3.60. The Morgan fingerprint density at radius 1 is 1.22 bits per heavy atom. The smallest absolute Gasteiger partial charge is 0.290 e. The molecule has 2 amide bonds. The second-order valence-electron chi connectivity index (χ2n) is 7.99. The third kappa shape index (κ3) is 4.68. The molecule has 0 unspecified atom stereocenters. The molecule has 8 nitrogen and oxygen atoms in total. The van der Waals surface area contributed by atoms with Gasteiger partial charge in [-0.2, -0.15) is 0 Å². The minimum atomic E-state index is -0.377. The number of rotatable bonds is 6. The molecule has 5 rings (SSSR count). The van der Waals surface area contributed by atoms with Crippen LogP contribution in [0.15, 0.2) is 52.1 Å². The van der Waals surface area contributed by atoms with Gasteiger partial charge in [0.05, 0.1) is 16.9 Å². The van der Waals surface area contributed by atoms with Crippen molar-refractivity contribution in [3.8, 4) is 0 Å². The first-order valence-electron chi connectivity index (χ1n) is 10.6. The third-order valence-corrected chi connectivity index (χ3v) is 6.57. The van der Waals surface area contributed by atoms with Gasteiger partial charge in [-0.15, -0.1) is 0 Å². The van der Waals surface area contributed by atoms with Gasteiger partial charge in [-0.3, -0.25) is 14.9 Å². The highest BCUT2D eigenvalue weighted by atomic mass is 32.2. The molecule has 0 spiro atoms. The summed E-state index contributed by atoms with van der Waals surface area (Å²) in [7, 11) is 0. The second kappa shape index (κ2) is 9.13. The minimum absolute atomic E-state index is 0.353. The zero-order chi connectivity index (χ0) is 21.9. The number of anilines is 1. The summed E-state index contributed by atoms with van der Waals surface area (Å²) < 4.78 is 5.40. The molecule has 0 bridgehead atoms. The average Bonchev–Trinajstić information content (AvgIpc) is 3.39. The number of piperidine rings is 1. The summed E-state index contributed by atoms with van der Waals surface area (Å²) in [5.41, 5.74) is 2.80. The Bertz CT molecular complexity index is 1180. The molecule has 32 heavy (non-hydrogen) atoms. The van der Waals surface area contributed by atoms with Crippen LogP contribution < -0.4 is 15.5 Å². The van der Waals surface area contributed by atoms with E-state index in [1.54, 1.807) is 24.6 Å². The van der Waals surface area contributed by atoms with Gasteiger partial charge in [0, 0.05) is 31.2 Å². The van der Waals surface area contributed by atoms with Crippen molar-refractivity contribution in [2.75, 3.05) is 24.5 Å². The molecule has 164 valence electrons. The van der Waals surface area contributed by atoms with E-state index in [0.29, 0.717) is 22.5 Å². The highest BCUT2D eigenvalue weighted by molar-refractivity contribution is 8.18. The molecule has 1 aromatic carbocycles. The lowest BCUT2D eigenvalue weighted by Gasteiger charge is -2.32. The first kappa shape index (κ1) is 20.7. The molecule has 2 aromatic heterocycles. The van der Waals surface area contributed by atoms with Crippen LogP contribution in [0.5, 0.6) is 0 Å². The van der Waals surface area contributed by atoms with Gasteiger partial charge < -0.3 is 14.6 Å². The van der Waals surface area contributed by atoms with E-state index in [9.17, 15) is 9.59 Å².